The second kappa shape index (κ2) is 11.9. The van der Waals surface area contributed by atoms with Crippen LogP contribution in [0, 0.1) is 5.92 Å². The molecule has 41 heavy (non-hydrogen) atoms. The van der Waals surface area contributed by atoms with Gasteiger partial charge in [0.15, 0.2) is 0 Å². The van der Waals surface area contributed by atoms with Gasteiger partial charge in [-0.25, -0.2) is 9.97 Å². The maximum atomic E-state index is 13.1. The summed E-state index contributed by atoms with van der Waals surface area (Å²) in [5.74, 6) is -1.21. The third-order valence-corrected chi connectivity index (χ3v) is 8.01. The van der Waals surface area contributed by atoms with E-state index in [-0.39, 0.29) is 11.6 Å². The summed E-state index contributed by atoms with van der Waals surface area (Å²) in [4.78, 5) is 37.3. The van der Waals surface area contributed by atoms with Crippen LogP contribution in [0.1, 0.15) is 54.2 Å². The summed E-state index contributed by atoms with van der Waals surface area (Å²) in [5.41, 5.74) is 2.51. The molecule has 4 heterocycles. The first-order valence-electron chi connectivity index (χ1n) is 13.7. The van der Waals surface area contributed by atoms with Crippen molar-refractivity contribution in [1.29, 1.82) is 0 Å². The first-order chi connectivity index (χ1) is 19.6. The molecule has 2 fully saturated rings. The van der Waals surface area contributed by atoms with Gasteiger partial charge in [0, 0.05) is 37.4 Å². The Labute approximate surface area is 236 Å². The van der Waals surface area contributed by atoms with Gasteiger partial charge in [0.05, 0.1) is 23.4 Å². The predicted octanol–water partition coefficient (Wildman–Crippen LogP) is 5.70. The standard InChI is InChI=1S/C30H32F3N5O3/c1-19-3-2-12-38(19)18-22-15-27(35-17-25(22)20-4-6-23(7-5-20)30(31,32)33)36-28(39)26-9-8-24(16-34-26)37-13-10-21(11-14-37)29(40)41/h4-9,15-17,19,21H,2-3,10-14,18H2,1H3,(H,40,41)(H,35,36,39)/t19-/m1/s1. The van der Waals surface area contributed by atoms with Crippen LogP contribution in [0.25, 0.3) is 11.1 Å². The van der Waals surface area contributed by atoms with Crippen molar-refractivity contribution in [3.8, 4) is 11.1 Å². The monoisotopic (exact) mass is 567 g/mol. The minimum atomic E-state index is -4.41. The largest absolute Gasteiger partial charge is 0.481 e. The van der Waals surface area contributed by atoms with Gasteiger partial charge in [-0.1, -0.05) is 12.1 Å². The first-order valence-corrected chi connectivity index (χ1v) is 13.7. The average Bonchev–Trinajstić information content (AvgIpc) is 3.37. The van der Waals surface area contributed by atoms with Gasteiger partial charge in [0.1, 0.15) is 11.5 Å². The van der Waals surface area contributed by atoms with E-state index >= 15 is 0 Å². The highest BCUT2D eigenvalue weighted by Crippen LogP contribution is 2.33. The number of nitrogens with zero attached hydrogens (tertiary/aromatic N) is 4. The number of carboxylic acids is 1. The van der Waals surface area contributed by atoms with E-state index in [0.717, 1.165) is 42.8 Å². The number of aromatic nitrogens is 2. The minimum absolute atomic E-state index is 0.206. The van der Waals surface area contributed by atoms with Gasteiger partial charge in [-0.2, -0.15) is 13.2 Å². The predicted molar refractivity (Wildman–Crippen MR) is 149 cm³/mol. The summed E-state index contributed by atoms with van der Waals surface area (Å²) in [5, 5.41) is 12.0. The lowest BCUT2D eigenvalue weighted by Gasteiger charge is -2.31. The molecule has 0 unspecified atom stereocenters. The van der Waals surface area contributed by atoms with Crippen molar-refractivity contribution in [3.05, 3.63) is 71.7 Å². The molecule has 2 aliphatic heterocycles. The molecule has 0 spiro atoms. The lowest BCUT2D eigenvalue weighted by Crippen LogP contribution is -2.36. The van der Waals surface area contributed by atoms with Gasteiger partial charge in [-0.15, -0.1) is 0 Å². The van der Waals surface area contributed by atoms with Crippen molar-refractivity contribution in [1.82, 2.24) is 14.9 Å². The average molecular weight is 568 g/mol. The first kappa shape index (κ1) is 28.5. The number of carbonyl (C=O) groups excluding carboxylic acids is 1. The molecule has 3 aromatic rings. The summed E-state index contributed by atoms with van der Waals surface area (Å²) < 4.78 is 39.3. The summed E-state index contributed by atoms with van der Waals surface area (Å²) in [6, 6.07) is 10.6. The number of nitrogens with one attached hydrogen (secondary N) is 1. The molecule has 2 aromatic heterocycles. The Morgan fingerprint density at radius 3 is 2.32 bits per heavy atom. The molecule has 1 amide bonds. The van der Waals surface area contributed by atoms with Crippen molar-refractivity contribution in [2.24, 2.45) is 5.92 Å². The third-order valence-electron chi connectivity index (χ3n) is 8.01. The van der Waals surface area contributed by atoms with Crippen LogP contribution in [-0.4, -0.2) is 57.5 Å². The second-order valence-electron chi connectivity index (χ2n) is 10.7. The van der Waals surface area contributed by atoms with E-state index in [2.05, 4.69) is 32.0 Å². The van der Waals surface area contributed by atoms with Gasteiger partial charge in [0.25, 0.3) is 5.91 Å². The molecular weight excluding hydrogens is 535 g/mol. The fourth-order valence-electron chi connectivity index (χ4n) is 5.51. The molecule has 8 nitrogen and oxygen atoms in total. The molecule has 2 saturated heterocycles. The zero-order valence-electron chi connectivity index (χ0n) is 22.7. The summed E-state index contributed by atoms with van der Waals surface area (Å²) >= 11 is 0. The minimum Gasteiger partial charge on any atom is -0.481 e. The number of piperidine rings is 1. The van der Waals surface area contributed by atoms with Gasteiger partial charge < -0.3 is 15.3 Å². The third kappa shape index (κ3) is 6.67. The van der Waals surface area contributed by atoms with Crippen LogP contribution in [0.4, 0.5) is 24.7 Å². The van der Waals surface area contributed by atoms with Crippen molar-refractivity contribution in [2.45, 2.75) is 51.4 Å². The van der Waals surface area contributed by atoms with Crippen LogP contribution in [0.2, 0.25) is 0 Å². The number of hydrogen-bond donors (Lipinski definition) is 2. The Kier molecular flexibility index (Phi) is 8.25. The van der Waals surface area contributed by atoms with E-state index in [0.29, 0.717) is 55.5 Å². The molecule has 11 heteroatoms. The zero-order valence-corrected chi connectivity index (χ0v) is 22.7. The number of carboxylic acid groups (broad SMARTS) is 1. The maximum absolute atomic E-state index is 13.1. The lowest BCUT2D eigenvalue weighted by molar-refractivity contribution is -0.142. The molecule has 0 bridgehead atoms. The number of carbonyl (C=O) groups is 2. The number of halogens is 3. The number of amides is 1. The maximum Gasteiger partial charge on any atom is 0.416 e. The van der Waals surface area contributed by atoms with E-state index < -0.39 is 23.6 Å². The van der Waals surface area contributed by atoms with Crippen LogP contribution < -0.4 is 10.2 Å². The molecule has 1 atom stereocenters. The van der Waals surface area contributed by atoms with Gasteiger partial charge in [0.2, 0.25) is 0 Å². The van der Waals surface area contributed by atoms with Crippen LogP contribution in [-0.2, 0) is 17.5 Å². The van der Waals surface area contributed by atoms with Crippen LogP contribution in [0.3, 0.4) is 0 Å². The molecule has 0 aliphatic carbocycles. The lowest BCUT2D eigenvalue weighted by atomic mass is 9.97. The highest BCUT2D eigenvalue weighted by Gasteiger charge is 2.30. The molecule has 5 rings (SSSR count). The molecule has 1 aromatic carbocycles. The Bertz CT molecular complexity index is 1390. The molecule has 2 aliphatic rings. The summed E-state index contributed by atoms with van der Waals surface area (Å²) in [7, 11) is 0. The number of hydrogen-bond acceptors (Lipinski definition) is 6. The Balaban J connectivity index is 1.32. The fourth-order valence-corrected chi connectivity index (χ4v) is 5.51. The van der Waals surface area contributed by atoms with E-state index in [1.165, 1.54) is 12.1 Å². The molecule has 0 radical (unpaired) electrons. The van der Waals surface area contributed by atoms with Crippen LogP contribution in [0.5, 0.6) is 0 Å². The number of benzene rings is 1. The Hall–Kier alpha value is -3.99. The fraction of sp³-hybridized carbons (Fsp3) is 0.400. The van der Waals surface area contributed by atoms with Gasteiger partial charge in [-0.3, -0.25) is 14.5 Å². The zero-order chi connectivity index (χ0) is 29.1. The highest BCUT2D eigenvalue weighted by molar-refractivity contribution is 6.02. The number of aliphatic carboxylic acids is 1. The van der Waals surface area contributed by atoms with E-state index in [4.69, 9.17) is 0 Å². The molecule has 0 saturated carbocycles. The molecule has 2 N–H and O–H groups in total. The van der Waals surface area contributed by atoms with E-state index in [1.54, 1.807) is 30.6 Å². The number of likely N-dealkylation sites (tertiary alicyclic amines) is 1. The number of pyridine rings is 2. The Morgan fingerprint density at radius 1 is 1.00 bits per heavy atom. The van der Waals surface area contributed by atoms with Crippen molar-refractivity contribution < 1.29 is 27.9 Å². The van der Waals surface area contributed by atoms with Crippen LogP contribution in [0.15, 0.2) is 54.9 Å². The number of alkyl halides is 3. The number of anilines is 2. The normalized spacial score (nSPS) is 18.4. The van der Waals surface area contributed by atoms with E-state index in [1.807, 2.05) is 0 Å². The second-order valence-corrected chi connectivity index (χ2v) is 10.7. The van der Waals surface area contributed by atoms with Gasteiger partial charge >= 0.3 is 12.1 Å². The summed E-state index contributed by atoms with van der Waals surface area (Å²) in [6.07, 6.45) is 2.05. The SMILES string of the molecule is C[C@@H]1CCCN1Cc1cc(NC(=O)c2ccc(N3CCC(C(=O)O)CC3)cn2)ncc1-c1ccc(C(F)(F)F)cc1. The van der Waals surface area contributed by atoms with Gasteiger partial charge in [-0.05, 0) is 80.6 Å². The topological polar surface area (TPSA) is 98.7 Å². The van der Waals surface area contributed by atoms with Crippen molar-refractivity contribution >= 4 is 23.4 Å². The summed E-state index contributed by atoms with van der Waals surface area (Å²) in [6.45, 7) is 4.87. The van der Waals surface area contributed by atoms with E-state index in [9.17, 15) is 27.9 Å². The van der Waals surface area contributed by atoms with Crippen molar-refractivity contribution in [3.63, 3.8) is 0 Å². The molecular formula is C30H32F3N5O3. The smallest absolute Gasteiger partial charge is 0.416 e. The molecule has 216 valence electrons. The van der Waals surface area contributed by atoms with Crippen molar-refractivity contribution in [2.75, 3.05) is 29.9 Å². The quantitative estimate of drug-likeness (QED) is 0.378. The number of rotatable bonds is 7. The highest BCUT2D eigenvalue weighted by atomic mass is 19.4. The Morgan fingerprint density at radius 2 is 1.73 bits per heavy atom. The van der Waals surface area contributed by atoms with Crippen LogP contribution >= 0.6 is 0 Å².